The molecule has 0 unspecified atom stereocenters. The standard InChI is InChI=1S/C13H18ClN3O2/c1-8-16-11(14)6-12(17-8)15-7-9-4-2-3-5-10(9)13(18)19/h6,9-10H,2-5,7H2,1H3,(H,18,19)(H,15,16,17)/t9-,10-/m0/s1. The van der Waals surface area contributed by atoms with Crippen molar-refractivity contribution in [2.75, 3.05) is 11.9 Å². The van der Waals surface area contributed by atoms with Gasteiger partial charge in [-0.3, -0.25) is 4.79 Å². The van der Waals surface area contributed by atoms with E-state index >= 15 is 0 Å². The summed E-state index contributed by atoms with van der Waals surface area (Å²) < 4.78 is 0. The zero-order valence-electron chi connectivity index (χ0n) is 10.9. The Balaban J connectivity index is 1.98. The lowest BCUT2D eigenvalue weighted by Gasteiger charge is -2.28. The molecule has 0 saturated heterocycles. The van der Waals surface area contributed by atoms with E-state index in [2.05, 4.69) is 15.3 Å². The van der Waals surface area contributed by atoms with E-state index in [1.165, 1.54) is 0 Å². The number of hydrogen-bond acceptors (Lipinski definition) is 4. The van der Waals surface area contributed by atoms with Gasteiger partial charge in [-0.25, -0.2) is 9.97 Å². The summed E-state index contributed by atoms with van der Waals surface area (Å²) in [5, 5.41) is 12.8. The molecule has 0 aliphatic heterocycles. The summed E-state index contributed by atoms with van der Waals surface area (Å²) >= 11 is 5.87. The number of rotatable bonds is 4. The van der Waals surface area contributed by atoms with Crippen molar-refractivity contribution in [3.8, 4) is 0 Å². The first kappa shape index (κ1) is 14.1. The van der Waals surface area contributed by atoms with Crippen LogP contribution in [0.4, 0.5) is 5.82 Å². The summed E-state index contributed by atoms with van der Waals surface area (Å²) in [5.74, 6) is 0.476. The van der Waals surface area contributed by atoms with E-state index in [0.29, 0.717) is 23.3 Å². The first-order chi connectivity index (χ1) is 9.06. The zero-order chi connectivity index (χ0) is 13.8. The highest BCUT2D eigenvalue weighted by Gasteiger charge is 2.30. The SMILES string of the molecule is Cc1nc(Cl)cc(NC[C@@H]2CCCC[C@@H]2C(=O)O)n1. The van der Waals surface area contributed by atoms with E-state index in [9.17, 15) is 9.90 Å². The molecule has 0 bridgehead atoms. The van der Waals surface area contributed by atoms with Gasteiger partial charge in [0.05, 0.1) is 5.92 Å². The van der Waals surface area contributed by atoms with Crippen molar-refractivity contribution < 1.29 is 9.90 Å². The van der Waals surface area contributed by atoms with Crippen LogP contribution in [0.5, 0.6) is 0 Å². The molecular formula is C13H18ClN3O2. The van der Waals surface area contributed by atoms with Crippen LogP contribution >= 0.6 is 11.6 Å². The number of carbonyl (C=O) groups is 1. The fourth-order valence-corrected chi connectivity index (χ4v) is 2.86. The molecule has 2 N–H and O–H groups in total. The van der Waals surface area contributed by atoms with Gasteiger partial charge in [-0.2, -0.15) is 0 Å². The van der Waals surface area contributed by atoms with Crippen molar-refractivity contribution in [3.05, 3.63) is 17.0 Å². The van der Waals surface area contributed by atoms with Crippen molar-refractivity contribution >= 4 is 23.4 Å². The Morgan fingerprint density at radius 3 is 2.89 bits per heavy atom. The van der Waals surface area contributed by atoms with Crippen molar-refractivity contribution in [2.24, 2.45) is 11.8 Å². The van der Waals surface area contributed by atoms with Crippen LogP contribution in [0, 0.1) is 18.8 Å². The van der Waals surface area contributed by atoms with E-state index < -0.39 is 5.97 Å². The zero-order valence-corrected chi connectivity index (χ0v) is 11.7. The number of anilines is 1. The number of aromatic nitrogens is 2. The first-order valence-electron chi connectivity index (χ1n) is 6.54. The van der Waals surface area contributed by atoms with E-state index in [-0.39, 0.29) is 11.8 Å². The molecule has 0 spiro atoms. The van der Waals surface area contributed by atoms with Crippen LogP contribution in [-0.4, -0.2) is 27.6 Å². The molecule has 1 aliphatic rings. The van der Waals surface area contributed by atoms with E-state index in [0.717, 1.165) is 25.7 Å². The molecule has 104 valence electrons. The van der Waals surface area contributed by atoms with Crippen LogP contribution < -0.4 is 5.32 Å². The highest BCUT2D eigenvalue weighted by molar-refractivity contribution is 6.29. The molecule has 0 radical (unpaired) electrons. The molecule has 1 fully saturated rings. The second kappa shape index (κ2) is 6.19. The van der Waals surface area contributed by atoms with E-state index in [1.807, 2.05) is 0 Å². The van der Waals surface area contributed by atoms with Crippen molar-refractivity contribution in [3.63, 3.8) is 0 Å². The van der Waals surface area contributed by atoms with E-state index in [1.54, 1.807) is 13.0 Å². The Hall–Kier alpha value is -1.36. The number of aryl methyl sites for hydroxylation is 1. The first-order valence-corrected chi connectivity index (χ1v) is 6.92. The third-order valence-electron chi connectivity index (χ3n) is 3.58. The van der Waals surface area contributed by atoms with Gasteiger partial charge in [0.1, 0.15) is 16.8 Å². The predicted octanol–water partition coefficient (Wildman–Crippen LogP) is 2.74. The largest absolute Gasteiger partial charge is 0.481 e. The van der Waals surface area contributed by atoms with Gasteiger partial charge in [0.2, 0.25) is 0 Å². The average molecular weight is 284 g/mol. The Labute approximate surface area is 117 Å². The molecule has 2 atom stereocenters. The summed E-state index contributed by atoms with van der Waals surface area (Å²) in [6, 6.07) is 1.66. The molecule has 19 heavy (non-hydrogen) atoms. The molecular weight excluding hydrogens is 266 g/mol. The molecule has 1 saturated carbocycles. The van der Waals surface area contributed by atoms with E-state index in [4.69, 9.17) is 11.6 Å². The summed E-state index contributed by atoms with van der Waals surface area (Å²) in [5.41, 5.74) is 0. The minimum atomic E-state index is -0.691. The Kier molecular flexibility index (Phi) is 4.58. The topological polar surface area (TPSA) is 75.1 Å². The van der Waals surface area contributed by atoms with Crippen molar-refractivity contribution in [2.45, 2.75) is 32.6 Å². The predicted molar refractivity (Wildman–Crippen MR) is 73.4 cm³/mol. The average Bonchev–Trinajstić information content (AvgIpc) is 2.35. The molecule has 1 heterocycles. The fraction of sp³-hybridized carbons (Fsp3) is 0.615. The highest BCUT2D eigenvalue weighted by atomic mass is 35.5. The second-order valence-electron chi connectivity index (χ2n) is 4.99. The molecule has 5 nitrogen and oxygen atoms in total. The maximum atomic E-state index is 11.2. The van der Waals surface area contributed by atoms with Crippen LogP contribution in [0.1, 0.15) is 31.5 Å². The number of nitrogens with zero attached hydrogens (tertiary/aromatic N) is 2. The van der Waals surface area contributed by atoms with Gasteiger partial charge in [0, 0.05) is 12.6 Å². The number of nitrogens with one attached hydrogen (secondary N) is 1. The normalized spacial score (nSPS) is 23.1. The Bertz CT molecular complexity index is 447. The van der Waals surface area contributed by atoms with Crippen LogP contribution in [0.15, 0.2) is 6.07 Å². The molecule has 1 aromatic heterocycles. The Morgan fingerprint density at radius 1 is 1.47 bits per heavy atom. The minimum Gasteiger partial charge on any atom is -0.481 e. The number of aliphatic carboxylic acids is 1. The van der Waals surface area contributed by atoms with Crippen LogP contribution in [0.3, 0.4) is 0 Å². The maximum Gasteiger partial charge on any atom is 0.306 e. The van der Waals surface area contributed by atoms with Crippen LogP contribution in [0.2, 0.25) is 5.15 Å². The minimum absolute atomic E-state index is 0.153. The summed E-state index contributed by atoms with van der Waals surface area (Å²) in [7, 11) is 0. The third kappa shape index (κ3) is 3.80. The summed E-state index contributed by atoms with van der Waals surface area (Å²) in [6.07, 6.45) is 3.82. The lowest BCUT2D eigenvalue weighted by molar-refractivity contribution is -0.144. The number of halogens is 1. The lowest BCUT2D eigenvalue weighted by Crippen LogP contribution is -2.31. The second-order valence-corrected chi connectivity index (χ2v) is 5.38. The highest BCUT2D eigenvalue weighted by Crippen LogP contribution is 2.30. The molecule has 2 rings (SSSR count). The molecule has 1 aliphatic carbocycles. The number of carboxylic acids is 1. The molecule has 6 heteroatoms. The third-order valence-corrected chi connectivity index (χ3v) is 3.77. The van der Waals surface area contributed by atoms with Gasteiger partial charge in [-0.05, 0) is 25.7 Å². The van der Waals surface area contributed by atoms with Gasteiger partial charge in [-0.15, -0.1) is 0 Å². The molecule has 0 amide bonds. The quantitative estimate of drug-likeness (QED) is 0.831. The molecule has 1 aromatic rings. The lowest BCUT2D eigenvalue weighted by atomic mass is 9.79. The summed E-state index contributed by atoms with van der Waals surface area (Å²) in [4.78, 5) is 19.4. The molecule has 0 aromatic carbocycles. The smallest absolute Gasteiger partial charge is 0.306 e. The Morgan fingerprint density at radius 2 is 2.21 bits per heavy atom. The van der Waals surface area contributed by atoms with Crippen LogP contribution in [-0.2, 0) is 4.79 Å². The number of hydrogen-bond donors (Lipinski definition) is 2. The van der Waals surface area contributed by atoms with Gasteiger partial charge in [0.15, 0.2) is 0 Å². The van der Waals surface area contributed by atoms with Crippen molar-refractivity contribution in [1.82, 2.24) is 9.97 Å². The van der Waals surface area contributed by atoms with Crippen LogP contribution in [0.25, 0.3) is 0 Å². The number of carboxylic acid groups (broad SMARTS) is 1. The van der Waals surface area contributed by atoms with Crippen molar-refractivity contribution in [1.29, 1.82) is 0 Å². The fourth-order valence-electron chi connectivity index (χ4n) is 2.63. The van der Waals surface area contributed by atoms with Gasteiger partial charge < -0.3 is 10.4 Å². The van der Waals surface area contributed by atoms with Gasteiger partial charge in [0.25, 0.3) is 0 Å². The monoisotopic (exact) mass is 283 g/mol. The summed E-state index contributed by atoms with van der Waals surface area (Å²) in [6.45, 7) is 2.39. The van der Waals surface area contributed by atoms with Gasteiger partial charge >= 0.3 is 5.97 Å². The van der Waals surface area contributed by atoms with Gasteiger partial charge in [-0.1, -0.05) is 24.4 Å². The maximum absolute atomic E-state index is 11.2.